The van der Waals surface area contributed by atoms with Crippen LogP contribution in [-0.2, 0) is 4.79 Å². The predicted molar refractivity (Wildman–Crippen MR) is 66.8 cm³/mol. The average Bonchev–Trinajstić information content (AvgIpc) is 2.65. The summed E-state index contributed by atoms with van der Waals surface area (Å²) in [6.45, 7) is 5.51. The maximum Gasteiger partial charge on any atom is 0.345 e. The fourth-order valence-electron chi connectivity index (χ4n) is 1.81. The monoisotopic (exact) mass is 248 g/mol. The summed E-state index contributed by atoms with van der Waals surface area (Å²) in [5.41, 5.74) is 1.50. The molecule has 2 heterocycles. The smallest absolute Gasteiger partial charge is 0.345 e. The Morgan fingerprint density at radius 3 is 2.83 bits per heavy atom. The molecule has 0 aliphatic rings. The van der Waals surface area contributed by atoms with Crippen molar-refractivity contribution in [2.24, 2.45) is 5.92 Å². The third-order valence-electron chi connectivity index (χ3n) is 2.67. The maximum atomic E-state index is 11.1. The number of pyridine rings is 1. The SMILES string of the molecule is Cc1cn2cccc(OC(C(=O)O)C(C)C)c2n1. The number of aromatic nitrogens is 2. The Balaban J connectivity index is 2.39. The predicted octanol–water partition coefficient (Wildman–Crippen LogP) is 2.13. The third kappa shape index (κ3) is 2.30. The van der Waals surface area contributed by atoms with E-state index in [9.17, 15) is 4.79 Å². The molecule has 2 rings (SSSR count). The van der Waals surface area contributed by atoms with Gasteiger partial charge in [0.25, 0.3) is 0 Å². The highest BCUT2D eigenvalue weighted by molar-refractivity contribution is 5.73. The molecule has 0 aromatic carbocycles. The van der Waals surface area contributed by atoms with Gasteiger partial charge in [-0.1, -0.05) is 13.8 Å². The van der Waals surface area contributed by atoms with Crippen LogP contribution in [0.1, 0.15) is 19.5 Å². The molecule has 0 aliphatic carbocycles. The van der Waals surface area contributed by atoms with Gasteiger partial charge < -0.3 is 14.2 Å². The van der Waals surface area contributed by atoms with E-state index in [0.717, 1.165) is 5.69 Å². The van der Waals surface area contributed by atoms with Gasteiger partial charge in [0.1, 0.15) is 0 Å². The molecule has 1 N–H and O–H groups in total. The Morgan fingerprint density at radius 1 is 1.50 bits per heavy atom. The molecule has 0 bridgehead atoms. The minimum absolute atomic E-state index is 0.112. The summed E-state index contributed by atoms with van der Waals surface area (Å²) < 4.78 is 7.40. The highest BCUT2D eigenvalue weighted by Gasteiger charge is 2.24. The van der Waals surface area contributed by atoms with Gasteiger partial charge in [-0.2, -0.15) is 0 Å². The molecule has 96 valence electrons. The van der Waals surface area contributed by atoms with Crippen LogP contribution in [-0.4, -0.2) is 26.6 Å². The third-order valence-corrected chi connectivity index (χ3v) is 2.67. The van der Waals surface area contributed by atoms with E-state index in [0.29, 0.717) is 11.4 Å². The first-order valence-electron chi connectivity index (χ1n) is 5.83. The summed E-state index contributed by atoms with van der Waals surface area (Å²) in [6, 6.07) is 3.54. The molecule has 1 atom stereocenters. The lowest BCUT2D eigenvalue weighted by molar-refractivity contribution is -0.147. The summed E-state index contributed by atoms with van der Waals surface area (Å²) in [5, 5.41) is 9.13. The van der Waals surface area contributed by atoms with Crippen molar-refractivity contribution in [2.75, 3.05) is 0 Å². The van der Waals surface area contributed by atoms with Crippen molar-refractivity contribution in [3.63, 3.8) is 0 Å². The second-order valence-electron chi connectivity index (χ2n) is 4.61. The highest BCUT2D eigenvalue weighted by Crippen LogP contribution is 2.22. The first kappa shape index (κ1) is 12.4. The van der Waals surface area contributed by atoms with E-state index in [-0.39, 0.29) is 5.92 Å². The number of imidazole rings is 1. The van der Waals surface area contributed by atoms with Crippen LogP contribution in [0.5, 0.6) is 5.75 Å². The molecule has 0 saturated heterocycles. The Kier molecular flexibility index (Phi) is 3.23. The number of carboxylic acids is 1. The number of aliphatic carboxylic acids is 1. The van der Waals surface area contributed by atoms with E-state index in [4.69, 9.17) is 9.84 Å². The summed E-state index contributed by atoms with van der Waals surface area (Å²) in [4.78, 5) is 15.5. The molecule has 0 radical (unpaired) electrons. The normalized spacial score (nSPS) is 12.9. The second kappa shape index (κ2) is 4.68. The molecular formula is C13H16N2O3. The van der Waals surface area contributed by atoms with Crippen LogP contribution < -0.4 is 4.74 Å². The van der Waals surface area contributed by atoms with Gasteiger partial charge in [-0.05, 0) is 19.1 Å². The Labute approximate surface area is 105 Å². The molecule has 5 heteroatoms. The van der Waals surface area contributed by atoms with Crippen molar-refractivity contribution in [3.8, 4) is 5.75 Å². The van der Waals surface area contributed by atoms with E-state index in [2.05, 4.69) is 4.98 Å². The van der Waals surface area contributed by atoms with Crippen LogP contribution in [0.3, 0.4) is 0 Å². The first-order chi connectivity index (χ1) is 8.49. The molecule has 2 aromatic rings. The lowest BCUT2D eigenvalue weighted by atomic mass is 10.1. The molecule has 0 amide bonds. The van der Waals surface area contributed by atoms with Gasteiger partial charge >= 0.3 is 5.97 Å². The van der Waals surface area contributed by atoms with Crippen LogP contribution in [0.25, 0.3) is 5.65 Å². The Hall–Kier alpha value is -2.04. The van der Waals surface area contributed by atoms with Gasteiger partial charge in [-0.15, -0.1) is 0 Å². The number of hydrogen-bond acceptors (Lipinski definition) is 3. The van der Waals surface area contributed by atoms with E-state index in [1.54, 1.807) is 6.07 Å². The molecule has 5 nitrogen and oxygen atoms in total. The molecule has 2 aromatic heterocycles. The van der Waals surface area contributed by atoms with Crippen LogP contribution in [0, 0.1) is 12.8 Å². The van der Waals surface area contributed by atoms with Gasteiger partial charge in [-0.3, -0.25) is 0 Å². The van der Waals surface area contributed by atoms with Crippen LogP contribution in [0.15, 0.2) is 24.5 Å². The number of rotatable bonds is 4. The average molecular weight is 248 g/mol. The number of nitrogens with zero attached hydrogens (tertiary/aromatic N) is 2. The number of carbonyl (C=O) groups is 1. The molecular weight excluding hydrogens is 232 g/mol. The van der Waals surface area contributed by atoms with Crippen molar-refractivity contribution in [1.29, 1.82) is 0 Å². The minimum Gasteiger partial charge on any atom is -0.478 e. The number of fused-ring (bicyclic) bond motifs is 1. The molecule has 0 spiro atoms. The summed E-state index contributed by atoms with van der Waals surface area (Å²) >= 11 is 0. The topological polar surface area (TPSA) is 63.8 Å². The summed E-state index contributed by atoms with van der Waals surface area (Å²) in [7, 11) is 0. The molecule has 0 saturated carbocycles. The quantitative estimate of drug-likeness (QED) is 0.900. The second-order valence-corrected chi connectivity index (χ2v) is 4.61. The fourth-order valence-corrected chi connectivity index (χ4v) is 1.81. The van der Waals surface area contributed by atoms with Crippen LogP contribution in [0.4, 0.5) is 0 Å². The zero-order valence-corrected chi connectivity index (χ0v) is 10.6. The lowest BCUT2D eigenvalue weighted by Gasteiger charge is -2.18. The van der Waals surface area contributed by atoms with E-state index in [1.165, 1.54) is 0 Å². The highest BCUT2D eigenvalue weighted by atomic mass is 16.5. The van der Waals surface area contributed by atoms with Crippen molar-refractivity contribution >= 4 is 11.6 Å². The standard InChI is InChI=1S/C13H16N2O3/c1-8(2)11(13(16)17)18-10-5-4-6-15-7-9(3)14-12(10)15/h4-8,11H,1-3H3,(H,16,17). The van der Waals surface area contributed by atoms with E-state index >= 15 is 0 Å². The van der Waals surface area contributed by atoms with E-state index in [1.807, 2.05) is 43.6 Å². The number of hydrogen-bond donors (Lipinski definition) is 1. The molecule has 18 heavy (non-hydrogen) atoms. The molecule has 0 aliphatic heterocycles. The molecule has 0 fully saturated rings. The lowest BCUT2D eigenvalue weighted by Crippen LogP contribution is -2.32. The van der Waals surface area contributed by atoms with Gasteiger partial charge in [-0.25, -0.2) is 9.78 Å². The van der Waals surface area contributed by atoms with Crippen molar-refractivity contribution < 1.29 is 14.6 Å². The number of aryl methyl sites for hydroxylation is 1. The maximum absolute atomic E-state index is 11.1. The number of ether oxygens (including phenoxy) is 1. The summed E-state index contributed by atoms with van der Waals surface area (Å²) in [5.74, 6) is -0.583. The fraction of sp³-hybridized carbons (Fsp3) is 0.385. The Bertz CT molecular complexity index is 575. The van der Waals surface area contributed by atoms with Crippen molar-refractivity contribution in [1.82, 2.24) is 9.38 Å². The first-order valence-corrected chi connectivity index (χ1v) is 5.83. The van der Waals surface area contributed by atoms with E-state index < -0.39 is 12.1 Å². The van der Waals surface area contributed by atoms with Crippen LogP contribution in [0.2, 0.25) is 0 Å². The summed E-state index contributed by atoms with van der Waals surface area (Å²) in [6.07, 6.45) is 2.86. The number of carboxylic acid groups (broad SMARTS) is 1. The van der Waals surface area contributed by atoms with Gasteiger partial charge in [0.15, 0.2) is 17.5 Å². The van der Waals surface area contributed by atoms with Crippen molar-refractivity contribution in [2.45, 2.75) is 26.9 Å². The zero-order valence-electron chi connectivity index (χ0n) is 10.6. The van der Waals surface area contributed by atoms with Crippen LogP contribution >= 0.6 is 0 Å². The Morgan fingerprint density at radius 2 is 2.22 bits per heavy atom. The van der Waals surface area contributed by atoms with Gasteiger partial charge in [0.2, 0.25) is 0 Å². The van der Waals surface area contributed by atoms with Crippen molar-refractivity contribution in [3.05, 3.63) is 30.2 Å². The zero-order chi connectivity index (χ0) is 13.3. The molecule has 1 unspecified atom stereocenters. The minimum atomic E-state index is -0.963. The van der Waals surface area contributed by atoms with Gasteiger partial charge in [0, 0.05) is 18.3 Å². The van der Waals surface area contributed by atoms with Gasteiger partial charge in [0.05, 0.1) is 5.69 Å². The largest absolute Gasteiger partial charge is 0.478 e.